The van der Waals surface area contributed by atoms with Crippen LogP contribution in [-0.2, 0) is 0 Å². The van der Waals surface area contributed by atoms with Crippen LogP contribution >= 0.6 is 0 Å². The van der Waals surface area contributed by atoms with Crippen LogP contribution in [0.3, 0.4) is 0 Å². The van der Waals surface area contributed by atoms with E-state index < -0.39 is 0 Å². The summed E-state index contributed by atoms with van der Waals surface area (Å²) in [7, 11) is 0. The molecule has 0 fully saturated rings. The van der Waals surface area contributed by atoms with Crippen LogP contribution in [0.25, 0.3) is 5.69 Å². The van der Waals surface area contributed by atoms with Crippen LogP contribution in [0.5, 0.6) is 0 Å². The number of aromatic nitrogens is 2. The number of hydrogen-bond acceptors (Lipinski definition) is 3. The van der Waals surface area contributed by atoms with Gasteiger partial charge in [-0.25, -0.2) is 4.68 Å². The molecular formula is C18H18N4O. The van der Waals surface area contributed by atoms with Crippen molar-refractivity contribution in [2.75, 3.05) is 0 Å². The number of nitrogens with zero attached hydrogens (tertiary/aromatic N) is 3. The van der Waals surface area contributed by atoms with Gasteiger partial charge in [0.15, 0.2) is 5.69 Å². The Balaban J connectivity index is 2.00. The zero-order valence-corrected chi connectivity index (χ0v) is 13.4. The molecule has 0 aliphatic heterocycles. The predicted octanol–water partition coefficient (Wildman–Crippen LogP) is 4.51. The van der Waals surface area contributed by atoms with Crippen molar-refractivity contribution in [3.63, 3.8) is 0 Å². The van der Waals surface area contributed by atoms with Gasteiger partial charge in [-0.05, 0) is 44.5 Å². The van der Waals surface area contributed by atoms with Crippen LogP contribution in [0.2, 0.25) is 0 Å². The van der Waals surface area contributed by atoms with Gasteiger partial charge in [0.05, 0.1) is 17.1 Å². The van der Waals surface area contributed by atoms with E-state index in [1.807, 2.05) is 69.3 Å². The van der Waals surface area contributed by atoms with Gasteiger partial charge in [0, 0.05) is 0 Å². The van der Waals surface area contributed by atoms with Gasteiger partial charge >= 0.3 is 0 Å². The molecule has 0 aliphatic carbocycles. The fraction of sp³-hybridized carbons (Fsp3) is 0.167. The van der Waals surface area contributed by atoms with E-state index in [1.54, 1.807) is 0 Å². The summed E-state index contributed by atoms with van der Waals surface area (Å²) in [5.74, 6) is 0. The molecule has 2 aromatic carbocycles. The van der Waals surface area contributed by atoms with Crippen molar-refractivity contribution in [1.29, 1.82) is 0 Å². The van der Waals surface area contributed by atoms with Crippen LogP contribution in [0.1, 0.15) is 16.8 Å². The minimum Gasteiger partial charge on any atom is -0.293 e. The molecule has 1 aromatic heterocycles. The second-order valence-corrected chi connectivity index (χ2v) is 5.55. The van der Waals surface area contributed by atoms with Crippen LogP contribution in [0, 0.1) is 20.8 Å². The number of benzene rings is 2. The van der Waals surface area contributed by atoms with E-state index in [0.29, 0.717) is 11.4 Å². The maximum Gasteiger partial charge on any atom is 0.299 e. The summed E-state index contributed by atoms with van der Waals surface area (Å²) in [6.07, 6.45) is 0. The third-order valence-electron chi connectivity index (χ3n) is 3.66. The van der Waals surface area contributed by atoms with Gasteiger partial charge in [0.1, 0.15) is 0 Å². The van der Waals surface area contributed by atoms with Gasteiger partial charge in [-0.15, -0.1) is 5.11 Å². The number of aryl methyl sites for hydroxylation is 3. The molecule has 1 heterocycles. The SMILES string of the molecule is Cc1ccc(N=Nc2c(C)[nH]n(-c3ccccc3)c2=O)c(C)c1. The van der Waals surface area contributed by atoms with Crippen molar-refractivity contribution < 1.29 is 0 Å². The molecule has 5 heteroatoms. The normalized spacial score (nSPS) is 11.3. The Hall–Kier alpha value is -2.95. The number of para-hydroxylation sites is 1. The van der Waals surface area contributed by atoms with E-state index in [2.05, 4.69) is 15.3 Å². The highest BCUT2D eigenvalue weighted by atomic mass is 16.1. The fourth-order valence-corrected chi connectivity index (χ4v) is 2.44. The van der Waals surface area contributed by atoms with E-state index in [4.69, 9.17) is 0 Å². The first-order chi connectivity index (χ1) is 11.1. The molecule has 1 N–H and O–H groups in total. The first-order valence-corrected chi connectivity index (χ1v) is 7.42. The van der Waals surface area contributed by atoms with Crippen LogP contribution in [-0.4, -0.2) is 9.78 Å². The largest absolute Gasteiger partial charge is 0.299 e. The molecule has 116 valence electrons. The number of rotatable bonds is 3. The van der Waals surface area contributed by atoms with Crippen molar-refractivity contribution in [2.45, 2.75) is 20.8 Å². The van der Waals surface area contributed by atoms with Crippen LogP contribution in [0.4, 0.5) is 11.4 Å². The van der Waals surface area contributed by atoms with Gasteiger partial charge in [0.2, 0.25) is 0 Å². The van der Waals surface area contributed by atoms with Crippen molar-refractivity contribution in [3.05, 3.63) is 75.7 Å². The lowest BCUT2D eigenvalue weighted by Gasteiger charge is -1.99. The highest BCUT2D eigenvalue weighted by Gasteiger charge is 2.11. The summed E-state index contributed by atoms with van der Waals surface area (Å²) >= 11 is 0. The smallest absolute Gasteiger partial charge is 0.293 e. The fourth-order valence-electron chi connectivity index (χ4n) is 2.44. The molecule has 0 saturated carbocycles. The molecule has 0 amide bonds. The first kappa shape index (κ1) is 15.0. The lowest BCUT2D eigenvalue weighted by atomic mass is 10.1. The molecule has 0 saturated heterocycles. The highest BCUT2D eigenvalue weighted by molar-refractivity contribution is 5.48. The molecule has 0 aliphatic rings. The van der Waals surface area contributed by atoms with Crippen molar-refractivity contribution in [3.8, 4) is 5.69 Å². The van der Waals surface area contributed by atoms with Crippen molar-refractivity contribution >= 4 is 11.4 Å². The molecule has 0 bridgehead atoms. The quantitative estimate of drug-likeness (QED) is 0.711. The van der Waals surface area contributed by atoms with Crippen molar-refractivity contribution in [1.82, 2.24) is 9.78 Å². The standard InChI is InChI=1S/C18H18N4O/c1-12-9-10-16(13(2)11-12)19-20-17-14(3)21-22(18(17)23)15-7-5-4-6-8-15/h4-11,21H,1-3H3. The van der Waals surface area contributed by atoms with E-state index in [0.717, 1.165) is 16.9 Å². The van der Waals surface area contributed by atoms with Gasteiger partial charge in [0.25, 0.3) is 5.56 Å². The minimum atomic E-state index is -0.206. The number of azo groups is 1. The first-order valence-electron chi connectivity index (χ1n) is 7.42. The average molecular weight is 306 g/mol. The van der Waals surface area contributed by atoms with E-state index >= 15 is 0 Å². The molecule has 5 nitrogen and oxygen atoms in total. The van der Waals surface area contributed by atoms with Gasteiger partial charge in [-0.3, -0.25) is 9.89 Å². The minimum absolute atomic E-state index is 0.206. The molecule has 0 radical (unpaired) electrons. The van der Waals surface area contributed by atoms with E-state index in [9.17, 15) is 4.79 Å². The van der Waals surface area contributed by atoms with Gasteiger partial charge < -0.3 is 0 Å². The molecule has 0 spiro atoms. The Morgan fingerprint density at radius 3 is 2.39 bits per heavy atom. The molecule has 3 aromatic rings. The van der Waals surface area contributed by atoms with Gasteiger partial charge in [-0.2, -0.15) is 5.11 Å². The lowest BCUT2D eigenvalue weighted by molar-refractivity contribution is 0.835. The van der Waals surface area contributed by atoms with Crippen LogP contribution < -0.4 is 5.56 Å². The number of nitrogens with one attached hydrogen (secondary N) is 1. The highest BCUT2D eigenvalue weighted by Crippen LogP contribution is 2.22. The Kier molecular flexibility index (Phi) is 3.93. The number of H-pyrrole nitrogens is 1. The molecule has 0 unspecified atom stereocenters. The summed E-state index contributed by atoms with van der Waals surface area (Å²) < 4.78 is 1.48. The molecular weight excluding hydrogens is 288 g/mol. The summed E-state index contributed by atoms with van der Waals surface area (Å²) in [6.45, 7) is 5.83. The molecule has 0 atom stereocenters. The summed E-state index contributed by atoms with van der Waals surface area (Å²) in [4.78, 5) is 12.5. The van der Waals surface area contributed by atoms with Gasteiger partial charge in [-0.1, -0.05) is 35.9 Å². The lowest BCUT2D eigenvalue weighted by Crippen LogP contribution is -2.13. The Morgan fingerprint density at radius 1 is 0.957 bits per heavy atom. The summed E-state index contributed by atoms with van der Waals surface area (Å²) in [5.41, 5.74) is 4.55. The third kappa shape index (κ3) is 2.99. The van der Waals surface area contributed by atoms with E-state index in [-0.39, 0.29) is 5.56 Å². The Bertz CT molecular complexity index is 920. The zero-order valence-electron chi connectivity index (χ0n) is 13.4. The topological polar surface area (TPSA) is 62.5 Å². The zero-order chi connectivity index (χ0) is 16.4. The summed E-state index contributed by atoms with van der Waals surface area (Å²) in [6, 6.07) is 15.3. The van der Waals surface area contributed by atoms with Crippen molar-refractivity contribution in [2.24, 2.45) is 10.2 Å². The summed E-state index contributed by atoms with van der Waals surface area (Å²) in [5, 5.41) is 11.4. The maximum atomic E-state index is 12.5. The Labute approximate surface area is 134 Å². The molecule has 23 heavy (non-hydrogen) atoms. The number of aromatic amines is 1. The number of hydrogen-bond donors (Lipinski definition) is 1. The average Bonchev–Trinajstić information content (AvgIpc) is 2.82. The van der Waals surface area contributed by atoms with E-state index in [1.165, 1.54) is 10.2 Å². The molecule has 3 rings (SSSR count). The third-order valence-corrected chi connectivity index (χ3v) is 3.66. The predicted molar refractivity (Wildman–Crippen MR) is 91.2 cm³/mol. The maximum absolute atomic E-state index is 12.5. The van der Waals surface area contributed by atoms with Crippen LogP contribution in [0.15, 0.2) is 63.6 Å². The Morgan fingerprint density at radius 2 is 1.70 bits per heavy atom. The monoisotopic (exact) mass is 306 g/mol. The second kappa shape index (κ2) is 6.04. The second-order valence-electron chi connectivity index (χ2n) is 5.55.